The first-order chi connectivity index (χ1) is 9.12. The Morgan fingerprint density at radius 1 is 1.37 bits per heavy atom. The number of benzene rings is 1. The molecule has 4 heteroatoms. The van der Waals surface area contributed by atoms with Gasteiger partial charge in [0.05, 0.1) is 5.75 Å². The molecule has 1 amide bonds. The van der Waals surface area contributed by atoms with E-state index in [4.69, 9.17) is 0 Å². The van der Waals surface area contributed by atoms with E-state index in [0.717, 1.165) is 18.0 Å². The summed E-state index contributed by atoms with van der Waals surface area (Å²) in [7, 11) is 1.95. The summed E-state index contributed by atoms with van der Waals surface area (Å²) in [4.78, 5) is 15.0. The number of amides is 1. The highest BCUT2D eigenvalue weighted by Gasteiger charge is 2.10. The minimum Gasteiger partial charge on any atom is -0.343 e. The third-order valence-corrected chi connectivity index (χ3v) is 4.25. The van der Waals surface area contributed by atoms with Crippen molar-refractivity contribution >= 4 is 17.7 Å². The van der Waals surface area contributed by atoms with Crippen LogP contribution in [-0.2, 0) is 4.79 Å². The van der Waals surface area contributed by atoms with Gasteiger partial charge < -0.3 is 10.2 Å². The number of rotatable bonds is 7. The molecule has 0 aliphatic rings. The second-order valence-corrected chi connectivity index (χ2v) is 5.49. The van der Waals surface area contributed by atoms with Gasteiger partial charge in [-0.2, -0.15) is 0 Å². The molecule has 1 N–H and O–H groups in total. The van der Waals surface area contributed by atoms with E-state index in [0.29, 0.717) is 11.8 Å². The Bertz CT molecular complexity index is 405. The normalized spacial score (nSPS) is 12.2. The van der Waals surface area contributed by atoms with Crippen molar-refractivity contribution in [3.8, 4) is 0 Å². The molecular formula is C15H24N2OS. The summed E-state index contributed by atoms with van der Waals surface area (Å²) < 4.78 is 0. The van der Waals surface area contributed by atoms with Crippen LogP contribution in [0.2, 0.25) is 0 Å². The van der Waals surface area contributed by atoms with Gasteiger partial charge in [-0.05, 0) is 45.5 Å². The maximum atomic E-state index is 11.9. The monoisotopic (exact) mass is 280 g/mol. The molecule has 0 spiro atoms. The number of hydrogen-bond acceptors (Lipinski definition) is 3. The second kappa shape index (κ2) is 8.23. The molecule has 0 aromatic heterocycles. The lowest BCUT2D eigenvalue weighted by Crippen LogP contribution is -2.31. The molecule has 0 saturated heterocycles. The van der Waals surface area contributed by atoms with E-state index >= 15 is 0 Å². The topological polar surface area (TPSA) is 32.3 Å². The SMILES string of the molecule is CCN(CC)C(=O)CSc1cccc(C(C)NC)c1. The quantitative estimate of drug-likeness (QED) is 0.779. The van der Waals surface area contributed by atoms with Crippen molar-refractivity contribution < 1.29 is 4.79 Å². The van der Waals surface area contributed by atoms with E-state index in [1.165, 1.54) is 5.56 Å². The molecule has 0 bridgehead atoms. The number of carbonyl (C=O) groups excluding carboxylic acids is 1. The highest BCUT2D eigenvalue weighted by atomic mass is 32.2. The predicted octanol–water partition coefficient (Wildman–Crippen LogP) is 2.93. The molecule has 0 saturated carbocycles. The summed E-state index contributed by atoms with van der Waals surface area (Å²) in [5, 5.41) is 3.23. The molecule has 0 aliphatic carbocycles. The van der Waals surface area contributed by atoms with Crippen LogP contribution in [0.4, 0.5) is 0 Å². The second-order valence-electron chi connectivity index (χ2n) is 4.44. The van der Waals surface area contributed by atoms with Crippen molar-refractivity contribution in [3.63, 3.8) is 0 Å². The Balaban J connectivity index is 2.60. The van der Waals surface area contributed by atoms with Gasteiger partial charge in [0.15, 0.2) is 0 Å². The Labute approximate surface area is 120 Å². The zero-order valence-corrected chi connectivity index (χ0v) is 13.1. The minimum atomic E-state index is 0.210. The van der Waals surface area contributed by atoms with E-state index in [1.807, 2.05) is 31.9 Å². The van der Waals surface area contributed by atoms with E-state index < -0.39 is 0 Å². The van der Waals surface area contributed by atoms with Crippen LogP contribution < -0.4 is 5.32 Å². The molecule has 0 aliphatic heterocycles. The standard InChI is InChI=1S/C15H24N2OS/c1-5-17(6-2)15(18)11-19-14-9-7-8-13(10-14)12(3)16-4/h7-10,12,16H,5-6,11H2,1-4H3. The van der Waals surface area contributed by atoms with E-state index in [9.17, 15) is 4.79 Å². The zero-order chi connectivity index (χ0) is 14.3. The molecule has 1 unspecified atom stereocenters. The van der Waals surface area contributed by atoms with Crippen LogP contribution in [0.15, 0.2) is 29.2 Å². The van der Waals surface area contributed by atoms with Gasteiger partial charge >= 0.3 is 0 Å². The van der Waals surface area contributed by atoms with Gasteiger partial charge in [-0.3, -0.25) is 4.79 Å². The first-order valence-electron chi connectivity index (χ1n) is 6.80. The summed E-state index contributed by atoms with van der Waals surface area (Å²) in [5.74, 6) is 0.723. The van der Waals surface area contributed by atoms with Crippen molar-refractivity contribution in [3.05, 3.63) is 29.8 Å². The summed E-state index contributed by atoms with van der Waals surface area (Å²) in [6, 6.07) is 8.71. The van der Waals surface area contributed by atoms with Crippen LogP contribution in [0, 0.1) is 0 Å². The lowest BCUT2D eigenvalue weighted by Gasteiger charge is -2.18. The van der Waals surface area contributed by atoms with Crippen LogP contribution in [0.1, 0.15) is 32.4 Å². The Morgan fingerprint density at radius 2 is 2.05 bits per heavy atom. The molecule has 0 heterocycles. The predicted molar refractivity (Wildman–Crippen MR) is 82.6 cm³/mol. The van der Waals surface area contributed by atoms with Crippen molar-refractivity contribution in [2.45, 2.75) is 31.7 Å². The number of hydrogen-bond donors (Lipinski definition) is 1. The summed E-state index contributed by atoms with van der Waals surface area (Å²) >= 11 is 1.61. The van der Waals surface area contributed by atoms with Gasteiger partial charge in [0.25, 0.3) is 0 Å². The van der Waals surface area contributed by atoms with Crippen LogP contribution in [0.25, 0.3) is 0 Å². The molecule has 0 fully saturated rings. The third kappa shape index (κ3) is 4.88. The molecule has 1 aromatic carbocycles. The van der Waals surface area contributed by atoms with Gasteiger partial charge in [0, 0.05) is 24.0 Å². The van der Waals surface area contributed by atoms with Gasteiger partial charge in [-0.25, -0.2) is 0 Å². The number of nitrogens with zero attached hydrogens (tertiary/aromatic N) is 1. The Hall–Kier alpha value is -1.00. The van der Waals surface area contributed by atoms with Crippen molar-refractivity contribution in [1.29, 1.82) is 0 Å². The molecule has 0 radical (unpaired) electrons. The van der Waals surface area contributed by atoms with E-state index in [2.05, 4.69) is 30.4 Å². The van der Waals surface area contributed by atoms with Crippen molar-refractivity contribution in [1.82, 2.24) is 10.2 Å². The van der Waals surface area contributed by atoms with Crippen LogP contribution >= 0.6 is 11.8 Å². The van der Waals surface area contributed by atoms with Crippen LogP contribution in [-0.4, -0.2) is 36.7 Å². The number of thioether (sulfide) groups is 1. The van der Waals surface area contributed by atoms with Gasteiger partial charge in [-0.15, -0.1) is 11.8 Å². The zero-order valence-electron chi connectivity index (χ0n) is 12.3. The molecule has 19 heavy (non-hydrogen) atoms. The van der Waals surface area contributed by atoms with E-state index in [1.54, 1.807) is 11.8 Å². The molecule has 106 valence electrons. The maximum Gasteiger partial charge on any atom is 0.232 e. The minimum absolute atomic E-state index is 0.210. The fourth-order valence-electron chi connectivity index (χ4n) is 1.85. The van der Waals surface area contributed by atoms with Gasteiger partial charge in [0.1, 0.15) is 0 Å². The molecule has 3 nitrogen and oxygen atoms in total. The van der Waals surface area contributed by atoms with Crippen LogP contribution in [0.5, 0.6) is 0 Å². The Kier molecular flexibility index (Phi) is 6.95. The smallest absolute Gasteiger partial charge is 0.232 e. The van der Waals surface area contributed by atoms with E-state index in [-0.39, 0.29) is 5.91 Å². The Morgan fingerprint density at radius 3 is 2.63 bits per heavy atom. The summed E-state index contributed by atoms with van der Waals surface area (Å²) in [5.41, 5.74) is 1.25. The van der Waals surface area contributed by atoms with Gasteiger partial charge in [-0.1, -0.05) is 12.1 Å². The number of carbonyl (C=O) groups is 1. The highest BCUT2D eigenvalue weighted by Crippen LogP contribution is 2.22. The fourth-order valence-corrected chi connectivity index (χ4v) is 2.72. The lowest BCUT2D eigenvalue weighted by atomic mass is 10.1. The van der Waals surface area contributed by atoms with Crippen molar-refractivity contribution in [2.75, 3.05) is 25.9 Å². The fraction of sp³-hybridized carbons (Fsp3) is 0.533. The molecule has 1 atom stereocenters. The number of nitrogens with one attached hydrogen (secondary N) is 1. The average Bonchev–Trinajstić information content (AvgIpc) is 2.45. The largest absolute Gasteiger partial charge is 0.343 e. The first kappa shape index (κ1) is 16.1. The molecule has 1 aromatic rings. The van der Waals surface area contributed by atoms with Crippen LogP contribution in [0.3, 0.4) is 0 Å². The first-order valence-corrected chi connectivity index (χ1v) is 7.78. The molecular weight excluding hydrogens is 256 g/mol. The van der Waals surface area contributed by atoms with Crippen molar-refractivity contribution in [2.24, 2.45) is 0 Å². The molecule has 1 rings (SSSR count). The highest BCUT2D eigenvalue weighted by molar-refractivity contribution is 8.00. The average molecular weight is 280 g/mol. The third-order valence-electron chi connectivity index (χ3n) is 3.27. The summed E-state index contributed by atoms with van der Waals surface area (Å²) in [6.45, 7) is 7.73. The maximum absolute atomic E-state index is 11.9. The summed E-state index contributed by atoms with van der Waals surface area (Å²) in [6.07, 6.45) is 0. The lowest BCUT2D eigenvalue weighted by molar-refractivity contribution is -0.127. The van der Waals surface area contributed by atoms with Gasteiger partial charge in [0.2, 0.25) is 5.91 Å².